The first-order valence-electron chi connectivity index (χ1n) is 10.2. The zero-order valence-electron chi connectivity index (χ0n) is 18.1. The van der Waals surface area contributed by atoms with Crippen molar-refractivity contribution in [2.75, 3.05) is 20.0 Å². The van der Waals surface area contributed by atoms with Crippen LogP contribution in [0.15, 0.2) is 98.1 Å². The zero-order chi connectivity index (χ0) is 23.5. The summed E-state index contributed by atoms with van der Waals surface area (Å²) in [6.07, 6.45) is 2.21. The summed E-state index contributed by atoms with van der Waals surface area (Å²) in [5, 5.41) is 0. The van der Waals surface area contributed by atoms with Gasteiger partial charge in [0.15, 0.2) is 0 Å². The van der Waals surface area contributed by atoms with Crippen molar-refractivity contribution in [3.05, 3.63) is 98.1 Å². The van der Waals surface area contributed by atoms with Crippen molar-refractivity contribution in [2.24, 2.45) is 0 Å². The topological polar surface area (TPSA) is 71.1 Å². The summed E-state index contributed by atoms with van der Waals surface area (Å²) >= 11 is 0. The summed E-state index contributed by atoms with van der Waals surface area (Å²) in [6.45, 7) is 6.95. The average Bonchev–Trinajstić information content (AvgIpc) is 2.87. The number of esters is 2. The molecule has 33 heavy (non-hydrogen) atoms. The maximum atomic E-state index is 11.1. The number of hydrogen-bond acceptors (Lipinski definition) is 6. The highest BCUT2D eigenvalue weighted by Crippen LogP contribution is 2.28. The molecule has 0 heterocycles. The summed E-state index contributed by atoms with van der Waals surface area (Å²) in [5.41, 5.74) is 4.20. The molecule has 0 atom stereocenters. The molecule has 0 aliphatic heterocycles. The van der Waals surface area contributed by atoms with Crippen molar-refractivity contribution >= 4 is 11.9 Å². The molecule has 0 saturated heterocycles. The van der Waals surface area contributed by atoms with Crippen molar-refractivity contribution in [2.45, 2.75) is 0 Å². The molecule has 0 spiro atoms. The number of benzene rings is 3. The van der Waals surface area contributed by atoms with Crippen molar-refractivity contribution in [3.63, 3.8) is 0 Å². The van der Waals surface area contributed by atoms with Crippen LogP contribution in [0, 0.1) is 0 Å². The zero-order valence-corrected chi connectivity index (χ0v) is 18.1. The van der Waals surface area contributed by atoms with Gasteiger partial charge in [0.1, 0.15) is 24.7 Å². The van der Waals surface area contributed by atoms with Gasteiger partial charge < -0.3 is 18.9 Å². The highest BCUT2D eigenvalue weighted by atomic mass is 16.7. The minimum atomic E-state index is -0.531. The Morgan fingerprint density at radius 2 is 1.15 bits per heavy atom. The number of carbonyl (C=O) groups excluding carboxylic acids is 2. The molecule has 6 heteroatoms. The van der Waals surface area contributed by atoms with E-state index in [2.05, 4.69) is 19.2 Å². The van der Waals surface area contributed by atoms with Crippen LogP contribution in [-0.2, 0) is 19.1 Å². The molecule has 0 aliphatic rings. The van der Waals surface area contributed by atoms with Crippen molar-refractivity contribution in [3.8, 4) is 33.8 Å². The molecule has 0 radical (unpaired) electrons. The quantitative estimate of drug-likeness (QED) is 0.175. The summed E-state index contributed by atoms with van der Waals surface area (Å²) in [5.74, 6) is 0.294. The Morgan fingerprint density at radius 3 is 1.70 bits per heavy atom. The largest absolute Gasteiger partial charge is 0.490 e. The van der Waals surface area contributed by atoms with Gasteiger partial charge in [0.25, 0.3) is 0 Å². The lowest BCUT2D eigenvalue weighted by molar-refractivity contribution is -0.144. The van der Waals surface area contributed by atoms with E-state index in [1.54, 1.807) is 0 Å². The fourth-order valence-electron chi connectivity index (χ4n) is 2.94. The Hall–Kier alpha value is -4.32. The third-order valence-corrected chi connectivity index (χ3v) is 4.59. The lowest BCUT2D eigenvalue weighted by Gasteiger charge is -2.10. The van der Waals surface area contributed by atoms with Crippen molar-refractivity contribution in [1.82, 2.24) is 0 Å². The predicted molar refractivity (Wildman–Crippen MR) is 126 cm³/mol. The van der Waals surface area contributed by atoms with Crippen molar-refractivity contribution in [1.29, 1.82) is 0 Å². The van der Waals surface area contributed by atoms with E-state index >= 15 is 0 Å². The summed E-state index contributed by atoms with van der Waals surface area (Å²) < 4.78 is 20.7. The molecular weight excluding hydrogens is 420 g/mol. The van der Waals surface area contributed by atoms with Crippen LogP contribution >= 0.6 is 0 Å². The van der Waals surface area contributed by atoms with Crippen LogP contribution in [0.4, 0.5) is 0 Å². The number of carbonyl (C=O) groups is 2. The van der Waals surface area contributed by atoms with Gasteiger partial charge in [-0.3, -0.25) is 0 Å². The molecule has 0 unspecified atom stereocenters. The molecule has 168 valence electrons. The first kappa shape index (κ1) is 23.3. The van der Waals surface area contributed by atoms with Gasteiger partial charge in [-0.25, -0.2) is 9.59 Å². The fourth-order valence-corrected chi connectivity index (χ4v) is 2.94. The first-order chi connectivity index (χ1) is 16.1. The smallest absolute Gasteiger partial charge is 0.333 e. The molecule has 0 bridgehead atoms. The molecule has 0 aromatic heterocycles. The maximum Gasteiger partial charge on any atom is 0.333 e. The van der Waals surface area contributed by atoms with Crippen LogP contribution < -0.4 is 9.47 Å². The lowest BCUT2D eigenvalue weighted by atomic mass is 9.99. The number of rotatable bonds is 11. The summed E-state index contributed by atoms with van der Waals surface area (Å²) in [4.78, 5) is 22.1. The van der Waals surface area contributed by atoms with E-state index in [9.17, 15) is 9.59 Å². The van der Waals surface area contributed by atoms with Gasteiger partial charge in [-0.05, 0) is 52.6 Å². The molecule has 0 N–H and O–H groups in total. The highest BCUT2D eigenvalue weighted by molar-refractivity contribution is 5.81. The lowest BCUT2D eigenvalue weighted by Crippen LogP contribution is -2.10. The molecule has 3 aromatic rings. The Labute approximate surface area is 192 Å². The Balaban J connectivity index is 1.60. The number of ether oxygens (including phenoxy) is 4. The van der Waals surface area contributed by atoms with E-state index in [1.165, 1.54) is 0 Å². The van der Waals surface area contributed by atoms with Gasteiger partial charge in [0.2, 0.25) is 6.79 Å². The van der Waals surface area contributed by atoms with Crippen LogP contribution in [0.2, 0.25) is 0 Å². The summed E-state index contributed by atoms with van der Waals surface area (Å²) in [7, 11) is 0. The van der Waals surface area contributed by atoms with E-state index < -0.39 is 11.9 Å². The predicted octanol–water partition coefficient (Wildman–Crippen LogP) is 5.19. The molecule has 0 fully saturated rings. The van der Waals surface area contributed by atoms with E-state index in [-0.39, 0.29) is 20.0 Å². The minimum absolute atomic E-state index is 0.165. The second kappa shape index (κ2) is 11.9. The summed E-state index contributed by atoms with van der Waals surface area (Å²) in [6, 6.07) is 23.4. The second-order valence-electron chi connectivity index (χ2n) is 6.78. The second-order valence-corrected chi connectivity index (χ2v) is 6.78. The SMILES string of the molecule is C=CC(=O)OCCOc1ccc(-c2cccc(-c3ccc(OCOC(=O)C=C)cc3)c2)cc1. The van der Waals surface area contributed by atoms with Gasteiger partial charge in [0.05, 0.1) is 0 Å². The highest BCUT2D eigenvalue weighted by Gasteiger charge is 2.04. The van der Waals surface area contributed by atoms with Crippen LogP contribution in [0.1, 0.15) is 0 Å². The van der Waals surface area contributed by atoms with E-state index in [4.69, 9.17) is 18.9 Å². The standard InChI is InChI=1S/C27H24O6/c1-3-26(28)31-17-16-30-24-12-8-20(9-13-24)22-6-5-7-23(18-22)21-10-14-25(15-11-21)32-19-33-27(29)4-2/h3-15,18H,1-2,16-17,19H2. The fraction of sp³-hybridized carbons (Fsp3) is 0.111. The van der Waals surface area contributed by atoms with Crippen LogP contribution in [-0.4, -0.2) is 31.9 Å². The Morgan fingerprint density at radius 1 is 0.636 bits per heavy atom. The van der Waals surface area contributed by atoms with Crippen LogP contribution in [0.5, 0.6) is 11.5 Å². The molecular formula is C27H24O6. The van der Waals surface area contributed by atoms with Crippen LogP contribution in [0.25, 0.3) is 22.3 Å². The molecule has 0 amide bonds. The monoisotopic (exact) mass is 444 g/mol. The van der Waals surface area contributed by atoms with Gasteiger partial charge >= 0.3 is 11.9 Å². The Kier molecular flexibility index (Phi) is 8.42. The van der Waals surface area contributed by atoms with Gasteiger partial charge in [-0.15, -0.1) is 0 Å². The van der Waals surface area contributed by atoms with E-state index in [1.807, 2.05) is 66.7 Å². The van der Waals surface area contributed by atoms with Crippen molar-refractivity contribution < 1.29 is 28.5 Å². The van der Waals surface area contributed by atoms with Gasteiger partial charge in [-0.1, -0.05) is 55.6 Å². The van der Waals surface area contributed by atoms with Crippen LogP contribution in [0.3, 0.4) is 0 Å². The van der Waals surface area contributed by atoms with E-state index in [0.717, 1.165) is 34.4 Å². The van der Waals surface area contributed by atoms with Gasteiger partial charge in [-0.2, -0.15) is 0 Å². The molecule has 0 saturated carbocycles. The average molecular weight is 444 g/mol. The minimum Gasteiger partial charge on any atom is -0.490 e. The molecule has 0 aliphatic carbocycles. The first-order valence-corrected chi connectivity index (χ1v) is 10.2. The van der Waals surface area contributed by atoms with E-state index in [0.29, 0.717) is 11.5 Å². The van der Waals surface area contributed by atoms with Gasteiger partial charge in [0, 0.05) is 12.2 Å². The number of hydrogen-bond donors (Lipinski definition) is 0. The molecule has 6 nitrogen and oxygen atoms in total. The molecule has 3 rings (SSSR count). The normalized spacial score (nSPS) is 10.1. The molecule has 3 aromatic carbocycles. The third kappa shape index (κ3) is 7.11. The maximum absolute atomic E-state index is 11.1. The third-order valence-electron chi connectivity index (χ3n) is 4.59. The Bertz CT molecular complexity index is 1100.